The molecule has 0 bridgehead atoms. The van der Waals surface area contributed by atoms with Crippen LogP contribution in [0, 0.1) is 0 Å². The second-order valence-electron chi connectivity index (χ2n) is 3.67. The Balaban J connectivity index is -0.000000720. The zero-order valence-electron chi connectivity index (χ0n) is 9.40. The summed E-state index contributed by atoms with van der Waals surface area (Å²) in [7, 11) is 1.68. The molecule has 2 N–H and O–H groups in total. The van der Waals surface area contributed by atoms with Gasteiger partial charge in [-0.05, 0) is 26.7 Å². The number of nitrogens with one attached hydrogen (secondary N) is 2. The van der Waals surface area contributed by atoms with Crippen LogP contribution < -0.4 is 10.6 Å². The minimum atomic E-state index is -0.386. The first-order valence-corrected chi connectivity index (χ1v) is 5.02. The van der Waals surface area contributed by atoms with Crippen molar-refractivity contribution in [2.75, 3.05) is 7.05 Å². The molecule has 0 aliphatic heterocycles. The summed E-state index contributed by atoms with van der Waals surface area (Å²) >= 11 is 0. The molecule has 0 aromatic heterocycles. The van der Waals surface area contributed by atoms with Gasteiger partial charge in [0.25, 0.3) is 0 Å². The molecular weight excluding hydrogens is 164 g/mol. The summed E-state index contributed by atoms with van der Waals surface area (Å²) < 4.78 is 0. The molecule has 3 nitrogen and oxygen atoms in total. The molecule has 0 aliphatic rings. The van der Waals surface area contributed by atoms with Crippen LogP contribution in [0.25, 0.3) is 0 Å². The van der Waals surface area contributed by atoms with Crippen molar-refractivity contribution in [1.82, 2.24) is 10.6 Å². The maximum atomic E-state index is 11.7. The lowest BCUT2D eigenvalue weighted by atomic mass is 9.91. The maximum Gasteiger partial charge on any atom is 0.240 e. The third-order valence-corrected chi connectivity index (χ3v) is 2.43. The van der Waals surface area contributed by atoms with E-state index in [1.807, 2.05) is 13.8 Å². The Morgan fingerprint density at radius 3 is 2.08 bits per heavy atom. The lowest BCUT2D eigenvalue weighted by Gasteiger charge is -2.33. The molecule has 0 fully saturated rings. The molecule has 82 valence electrons. The molecular formula is C10H26N2O. The van der Waals surface area contributed by atoms with Gasteiger partial charge in [0.15, 0.2) is 0 Å². The van der Waals surface area contributed by atoms with Crippen molar-refractivity contribution in [3.05, 3.63) is 0 Å². The average molecular weight is 190 g/mol. The number of likely N-dealkylation sites (N-methyl/N-ethyl adjacent to an activating group) is 1. The number of amides is 1. The van der Waals surface area contributed by atoms with Crippen LogP contribution in [0.2, 0.25) is 0 Å². The third-order valence-electron chi connectivity index (χ3n) is 2.43. The van der Waals surface area contributed by atoms with Gasteiger partial charge in [0.2, 0.25) is 5.91 Å². The molecule has 0 saturated heterocycles. The monoisotopic (exact) mass is 190 g/mol. The highest BCUT2D eigenvalue weighted by atomic mass is 16.2. The van der Waals surface area contributed by atoms with E-state index in [0.717, 1.165) is 12.8 Å². The number of carbonyl (C=O) groups excluding carboxylic acids is 1. The zero-order chi connectivity index (χ0) is 10.5. The van der Waals surface area contributed by atoms with Crippen LogP contribution >= 0.6 is 0 Å². The fourth-order valence-electron chi connectivity index (χ4n) is 1.63. The fraction of sp³-hybridized carbons (Fsp3) is 0.900. The van der Waals surface area contributed by atoms with Crippen LogP contribution in [0.1, 0.15) is 43.4 Å². The molecule has 1 amide bonds. The predicted molar refractivity (Wildman–Crippen MR) is 59.9 cm³/mol. The van der Waals surface area contributed by atoms with Crippen molar-refractivity contribution in [3.63, 3.8) is 0 Å². The number of carbonyl (C=O) groups is 1. The Kier molecular flexibility index (Phi) is 4.99. The average Bonchev–Trinajstić information content (AvgIpc) is 2.12. The van der Waals surface area contributed by atoms with Crippen molar-refractivity contribution in [3.8, 4) is 0 Å². The molecule has 0 rings (SSSR count). The van der Waals surface area contributed by atoms with Gasteiger partial charge in [0.1, 0.15) is 0 Å². The molecule has 0 aromatic carbocycles. The highest BCUT2D eigenvalue weighted by Gasteiger charge is 2.33. The topological polar surface area (TPSA) is 41.1 Å². The highest BCUT2D eigenvalue weighted by Crippen LogP contribution is 2.16. The second-order valence-corrected chi connectivity index (χ2v) is 3.67. The van der Waals surface area contributed by atoms with Crippen LogP contribution in [-0.2, 0) is 4.79 Å². The van der Waals surface area contributed by atoms with Gasteiger partial charge >= 0.3 is 0 Å². The fourth-order valence-corrected chi connectivity index (χ4v) is 1.63. The SMILES string of the molecule is CCC(CC)(NC(C)C)C(=O)NC.[HH].[HH]. The van der Waals surface area contributed by atoms with Crippen LogP contribution in [0.4, 0.5) is 0 Å². The highest BCUT2D eigenvalue weighted by molar-refractivity contribution is 5.86. The van der Waals surface area contributed by atoms with Crippen molar-refractivity contribution in [1.29, 1.82) is 0 Å². The van der Waals surface area contributed by atoms with Crippen LogP contribution in [0.15, 0.2) is 0 Å². The van der Waals surface area contributed by atoms with Gasteiger partial charge in [-0.2, -0.15) is 0 Å². The first-order chi connectivity index (χ1) is 6.02. The molecule has 3 heteroatoms. The molecule has 0 saturated carbocycles. The second kappa shape index (κ2) is 5.22. The minimum absolute atomic E-state index is 0. The van der Waals surface area contributed by atoms with Gasteiger partial charge in [0, 0.05) is 15.9 Å². The van der Waals surface area contributed by atoms with Gasteiger partial charge in [-0.3, -0.25) is 4.79 Å². The van der Waals surface area contributed by atoms with Gasteiger partial charge in [-0.1, -0.05) is 13.8 Å². The molecule has 13 heavy (non-hydrogen) atoms. The Bertz CT molecular complexity index is 171. The van der Waals surface area contributed by atoms with Gasteiger partial charge < -0.3 is 10.6 Å². The lowest BCUT2D eigenvalue weighted by molar-refractivity contribution is -0.127. The zero-order valence-corrected chi connectivity index (χ0v) is 9.40. The predicted octanol–water partition coefficient (Wildman–Crippen LogP) is 1.78. The Hall–Kier alpha value is -0.570. The summed E-state index contributed by atoms with van der Waals surface area (Å²) in [6, 6.07) is 0.331. The van der Waals surface area contributed by atoms with E-state index >= 15 is 0 Å². The maximum absolute atomic E-state index is 11.7. The quantitative estimate of drug-likeness (QED) is 0.694. The smallest absolute Gasteiger partial charge is 0.240 e. The summed E-state index contributed by atoms with van der Waals surface area (Å²) in [5, 5.41) is 6.04. The third kappa shape index (κ3) is 2.99. The summed E-state index contributed by atoms with van der Waals surface area (Å²) in [6.45, 7) is 8.19. The van der Waals surface area contributed by atoms with E-state index in [2.05, 4.69) is 24.5 Å². The van der Waals surface area contributed by atoms with E-state index in [9.17, 15) is 4.79 Å². The molecule has 0 aliphatic carbocycles. The first-order valence-electron chi connectivity index (χ1n) is 5.02. The van der Waals surface area contributed by atoms with E-state index in [1.165, 1.54) is 0 Å². The van der Waals surface area contributed by atoms with E-state index in [0.29, 0.717) is 6.04 Å². The van der Waals surface area contributed by atoms with Crippen LogP contribution in [0.3, 0.4) is 0 Å². The Morgan fingerprint density at radius 1 is 1.38 bits per heavy atom. The summed E-state index contributed by atoms with van der Waals surface area (Å²) in [6.07, 6.45) is 1.64. The Morgan fingerprint density at radius 2 is 1.85 bits per heavy atom. The molecule has 0 unspecified atom stereocenters. The standard InChI is InChI=1S/C10H22N2O.2H2/c1-6-10(7-2,9(13)11-5)12-8(3)4;;/h8,12H,6-7H2,1-5H3,(H,11,13);2*1H. The van der Waals surface area contributed by atoms with Crippen molar-refractivity contribution in [2.45, 2.75) is 52.1 Å². The van der Waals surface area contributed by atoms with Gasteiger partial charge in [-0.15, -0.1) is 0 Å². The largest absolute Gasteiger partial charge is 0.358 e. The first kappa shape index (κ1) is 12.4. The number of rotatable bonds is 5. The minimum Gasteiger partial charge on any atom is -0.358 e. The normalized spacial score (nSPS) is 11.8. The van der Waals surface area contributed by atoms with Crippen molar-refractivity contribution in [2.24, 2.45) is 0 Å². The van der Waals surface area contributed by atoms with E-state index in [4.69, 9.17) is 0 Å². The molecule has 0 heterocycles. The molecule has 0 aromatic rings. The van der Waals surface area contributed by atoms with Gasteiger partial charge in [0.05, 0.1) is 5.54 Å². The van der Waals surface area contributed by atoms with E-state index in [1.54, 1.807) is 7.05 Å². The number of hydrogen-bond donors (Lipinski definition) is 2. The number of hydrogen-bond acceptors (Lipinski definition) is 2. The van der Waals surface area contributed by atoms with Crippen molar-refractivity contribution >= 4 is 5.91 Å². The summed E-state index contributed by atoms with van der Waals surface area (Å²) in [5.41, 5.74) is -0.386. The van der Waals surface area contributed by atoms with Crippen LogP contribution in [-0.4, -0.2) is 24.5 Å². The summed E-state index contributed by atoms with van der Waals surface area (Å²) in [5.74, 6) is 0.0891. The van der Waals surface area contributed by atoms with E-state index in [-0.39, 0.29) is 14.3 Å². The van der Waals surface area contributed by atoms with Gasteiger partial charge in [-0.25, -0.2) is 0 Å². The lowest BCUT2D eigenvalue weighted by Crippen LogP contribution is -2.57. The van der Waals surface area contributed by atoms with Crippen LogP contribution in [0.5, 0.6) is 0 Å². The van der Waals surface area contributed by atoms with Crippen molar-refractivity contribution < 1.29 is 7.65 Å². The molecule has 0 spiro atoms. The summed E-state index contributed by atoms with van der Waals surface area (Å²) in [4.78, 5) is 11.7. The van der Waals surface area contributed by atoms with E-state index < -0.39 is 0 Å². The molecule has 0 atom stereocenters. The Labute approximate surface area is 84.3 Å². The molecule has 0 radical (unpaired) electrons.